The van der Waals surface area contributed by atoms with Gasteiger partial charge in [0.15, 0.2) is 0 Å². The predicted molar refractivity (Wildman–Crippen MR) is 77.9 cm³/mol. The number of amides is 1. The van der Waals surface area contributed by atoms with Crippen molar-refractivity contribution < 1.29 is 35.9 Å². The third-order valence-corrected chi connectivity index (χ3v) is 3.99. The van der Waals surface area contributed by atoms with Crippen molar-refractivity contribution in [3.05, 3.63) is 29.3 Å². The van der Waals surface area contributed by atoms with Gasteiger partial charge >= 0.3 is 12.4 Å². The van der Waals surface area contributed by atoms with Crippen LogP contribution in [0.15, 0.2) is 18.2 Å². The molecule has 9 heteroatoms. The van der Waals surface area contributed by atoms with Crippen molar-refractivity contribution in [2.24, 2.45) is 5.92 Å². The van der Waals surface area contributed by atoms with Crippen LogP contribution in [0.4, 0.5) is 32.0 Å². The topological polar surface area (TPSA) is 38.3 Å². The van der Waals surface area contributed by atoms with Crippen molar-refractivity contribution in [3.63, 3.8) is 0 Å². The van der Waals surface area contributed by atoms with E-state index in [1.54, 1.807) is 0 Å². The molecule has 1 fully saturated rings. The number of halogens is 6. The molecule has 0 radical (unpaired) electrons. The van der Waals surface area contributed by atoms with Gasteiger partial charge < -0.3 is 10.1 Å². The highest BCUT2D eigenvalue weighted by molar-refractivity contribution is 5.90. The standard InChI is InChI=1S/C16H17F6NO2/c17-15(18,19)11-7-12(16(20,21)22)9-13(8-11)23-14(24)2-1-10-3-5-25-6-4-10/h7-10H,1-6H2,(H,23,24). The zero-order chi connectivity index (χ0) is 18.7. The van der Waals surface area contributed by atoms with Crippen LogP contribution in [0.1, 0.15) is 36.8 Å². The van der Waals surface area contributed by atoms with Gasteiger partial charge in [-0.3, -0.25) is 4.79 Å². The molecular weight excluding hydrogens is 352 g/mol. The average Bonchev–Trinajstić information content (AvgIpc) is 2.52. The van der Waals surface area contributed by atoms with Gasteiger partial charge in [-0.1, -0.05) is 0 Å². The summed E-state index contributed by atoms with van der Waals surface area (Å²) in [6.45, 7) is 1.18. The summed E-state index contributed by atoms with van der Waals surface area (Å²) >= 11 is 0. The first-order valence-corrected chi connectivity index (χ1v) is 7.73. The molecule has 3 nitrogen and oxygen atoms in total. The van der Waals surface area contributed by atoms with Crippen LogP contribution in [0.25, 0.3) is 0 Å². The van der Waals surface area contributed by atoms with E-state index in [1.165, 1.54) is 0 Å². The summed E-state index contributed by atoms with van der Waals surface area (Å²) in [5.74, 6) is -0.342. The Hall–Kier alpha value is -1.77. The Balaban J connectivity index is 2.07. The van der Waals surface area contributed by atoms with Gasteiger partial charge in [0.2, 0.25) is 5.91 Å². The van der Waals surface area contributed by atoms with Crippen molar-refractivity contribution >= 4 is 11.6 Å². The maximum Gasteiger partial charge on any atom is 0.416 e. The van der Waals surface area contributed by atoms with Crippen LogP contribution in [0.5, 0.6) is 0 Å². The molecule has 0 spiro atoms. The molecule has 0 aromatic heterocycles. The number of ether oxygens (including phenoxy) is 1. The number of rotatable bonds is 4. The molecule has 1 aliphatic rings. The summed E-state index contributed by atoms with van der Waals surface area (Å²) in [5, 5.41) is 2.14. The van der Waals surface area contributed by atoms with E-state index in [0.29, 0.717) is 31.8 Å². The molecule has 0 aliphatic carbocycles. The predicted octanol–water partition coefficient (Wildman–Crippen LogP) is 4.87. The lowest BCUT2D eigenvalue weighted by Gasteiger charge is -2.21. The number of hydrogen-bond donors (Lipinski definition) is 1. The Labute approximate surface area is 140 Å². The highest BCUT2D eigenvalue weighted by Crippen LogP contribution is 2.37. The van der Waals surface area contributed by atoms with Gasteiger partial charge in [0.05, 0.1) is 11.1 Å². The second-order valence-corrected chi connectivity index (χ2v) is 5.94. The van der Waals surface area contributed by atoms with E-state index in [1.807, 2.05) is 0 Å². The first kappa shape index (κ1) is 19.6. The van der Waals surface area contributed by atoms with Crippen LogP contribution in [-0.2, 0) is 21.9 Å². The van der Waals surface area contributed by atoms with Gasteiger partial charge in [-0.15, -0.1) is 0 Å². The quantitative estimate of drug-likeness (QED) is 0.769. The summed E-state index contributed by atoms with van der Waals surface area (Å²) in [5.41, 5.74) is -3.43. The second kappa shape index (κ2) is 7.63. The largest absolute Gasteiger partial charge is 0.416 e. The molecule has 1 aromatic rings. The molecule has 1 aliphatic heterocycles. The minimum absolute atomic E-state index is 0.0255. The maximum absolute atomic E-state index is 12.8. The first-order chi connectivity index (χ1) is 11.6. The summed E-state index contributed by atoms with van der Waals surface area (Å²) in [6, 6.07) is 1.03. The maximum atomic E-state index is 12.8. The highest BCUT2D eigenvalue weighted by Gasteiger charge is 2.37. The van der Waals surface area contributed by atoms with Gasteiger partial charge in [0.1, 0.15) is 0 Å². The SMILES string of the molecule is O=C(CCC1CCOCC1)Nc1cc(C(F)(F)F)cc(C(F)(F)F)c1. The van der Waals surface area contributed by atoms with E-state index in [2.05, 4.69) is 5.32 Å². The van der Waals surface area contributed by atoms with E-state index in [-0.39, 0.29) is 18.4 Å². The molecule has 0 saturated carbocycles. The number of alkyl halides is 6. The summed E-state index contributed by atoms with van der Waals surface area (Å²) in [6.07, 6.45) is -7.77. The molecule has 25 heavy (non-hydrogen) atoms. The minimum atomic E-state index is -4.94. The van der Waals surface area contributed by atoms with E-state index >= 15 is 0 Å². The van der Waals surface area contributed by atoms with Crippen molar-refractivity contribution in [2.45, 2.75) is 38.0 Å². The first-order valence-electron chi connectivity index (χ1n) is 7.73. The molecule has 1 amide bonds. The molecule has 0 bridgehead atoms. The van der Waals surface area contributed by atoms with E-state index in [4.69, 9.17) is 4.74 Å². The number of nitrogens with one attached hydrogen (secondary N) is 1. The fourth-order valence-corrected chi connectivity index (χ4v) is 2.62. The molecule has 1 N–H and O–H groups in total. The fourth-order valence-electron chi connectivity index (χ4n) is 2.62. The monoisotopic (exact) mass is 369 g/mol. The van der Waals surface area contributed by atoms with Crippen molar-refractivity contribution in [3.8, 4) is 0 Å². The number of hydrogen-bond acceptors (Lipinski definition) is 2. The van der Waals surface area contributed by atoms with Crippen LogP contribution >= 0.6 is 0 Å². The van der Waals surface area contributed by atoms with Crippen molar-refractivity contribution in [1.82, 2.24) is 0 Å². The summed E-state index contributed by atoms with van der Waals surface area (Å²) < 4.78 is 81.8. The average molecular weight is 369 g/mol. The summed E-state index contributed by atoms with van der Waals surface area (Å²) in [4.78, 5) is 11.9. The Morgan fingerprint density at radius 2 is 1.52 bits per heavy atom. The Morgan fingerprint density at radius 3 is 2.00 bits per heavy atom. The number of carbonyl (C=O) groups is 1. The van der Waals surface area contributed by atoms with Crippen LogP contribution in [-0.4, -0.2) is 19.1 Å². The van der Waals surface area contributed by atoms with Crippen molar-refractivity contribution in [1.29, 1.82) is 0 Å². The van der Waals surface area contributed by atoms with Crippen LogP contribution in [0.2, 0.25) is 0 Å². The third kappa shape index (κ3) is 5.91. The normalized spacial score (nSPS) is 16.7. The molecule has 1 saturated heterocycles. The van der Waals surface area contributed by atoms with Gasteiger partial charge in [0, 0.05) is 25.3 Å². The van der Waals surface area contributed by atoms with Gasteiger partial charge in [-0.2, -0.15) is 26.3 Å². The lowest BCUT2D eigenvalue weighted by molar-refractivity contribution is -0.143. The molecular formula is C16H17F6NO2. The van der Waals surface area contributed by atoms with E-state index in [0.717, 1.165) is 12.8 Å². The molecule has 0 atom stereocenters. The zero-order valence-corrected chi connectivity index (χ0v) is 13.1. The molecule has 1 heterocycles. The Bertz CT molecular complexity index is 573. The van der Waals surface area contributed by atoms with Crippen molar-refractivity contribution in [2.75, 3.05) is 18.5 Å². The van der Waals surface area contributed by atoms with Gasteiger partial charge in [-0.25, -0.2) is 0 Å². The molecule has 140 valence electrons. The number of benzene rings is 1. The van der Waals surface area contributed by atoms with Crippen LogP contribution in [0, 0.1) is 5.92 Å². The lowest BCUT2D eigenvalue weighted by atomic mass is 9.95. The van der Waals surface area contributed by atoms with Gasteiger partial charge in [0.25, 0.3) is 0 Å². The van der Waals surface area contributed by atoms with Crippen LogP contribution < -0.4 is 5.32 Å². The fraction of sp³-hybridized carbons (Fsp3) is 0.562. The Morgan fingerprint density at radius 1 is 1.00 bits per heavy atom. The van der Waals surface area contributed by atoms with Crippen LogP contribution in [0.3, 0.4) is 0 Å². The smallest absolute Gasteiger partial charge is 0.381 e. The molecule has 1 aromatic carbocycles. The molecule has 0 unspecified atom stereocenters. The molecule has 2 rings (SSSR count). The lowest BCUT2D eigenvalue weighted by Crippen LogP contribution is -2.19. The Kier molecular flexibility index (Phi) is 5.97. The highest BCUT2D eigenvalue weighted by atomic mass is 19.4. The number of carbonyl (C=O) groups excluding carboxylic acids is 1. The van der Waals surface area contributed by atoms with E-state index < -0.39 is 35.1 Å². The minimum Gasteiger partial charge on any atom is -0.381 e. The second-order valence-electron chi connectivity index (χ2n) is 5.94. The third-order valence-electron chi connectivity index (χ3n) is 3.99. The van der Waals surface area contributed by atoms with Gasteiger partial charge in [-0.05, 0) is 43.4 Å². The number of anilines is 1. The summed E-state index contributed by atoms with van der Waals surface area (Å²) in [7, 11) is 0. The zero-order valence-electron chi connectivity index (χ0n) is 13.1. The van der Waals surface area contributed by atoms with E-state index in [9.17, 15) is 31.1 Å².